The maximum absolute atomic E-state index is 11.6. The molecule has 0 aliphatic heterocycles. The summed E-state index contributed by atoms with van der Waals surface area (Å²) in [6.45, 7) is 0. The van der Waals surface area contributed by atoms with E-state index in [1.807, 2.05) is 6.07 Å². The molecule has 23 heavy (non-hydrogen) atoms. The fourth-order valence-electron chi connectivity index (χ4n) is 1.94. The molecule has 2 aromatic rings. The van der Waals surface area contributed by atoms with Gasteiger partial charge in [0.25, 0.3) is 22.1 Å². The molecule has 0 radical (unpaired) electrons. The Morgan fingerprint density at radius 2 is 1.57 bits per heavy atom. The van der Waals surface area contributed by atoms with Crippen LogP contribution in [0.2, 0.25) is 0 Å². The quantitative estimate of drug-likeness (QED) is 0.365. The second-order valence-corrected chi connectivity index (χ2v) is 5.61. The van der Waals surface area contributed by atoms with Crippen molar-refractivity contribution in [3.63, 3.8) is 0 Å². The minimum atomic E-state index is -4.90. The van der Waals surface area contributed by atoms with Gasteiger partial charge >= 0.3 is 18.9 Å². The molecule has 0 spiro atoms. The zero-order valence-corrected chi connectivity index (χ0v) is 12.7. The summed E-state index contributed by atoms with van der Waals surface area (Å²) in [5, 5.41) is 18.1. The van der Waals surface area contributed by atoms with E-state index >= 15 is 0 Å². The van der Waals surface area contributed by atoms with Crippen LogP contribution in [0, 0.1) is 6.07 Å². The van der Waals surface area contributed by atoms with Crippen LogP contribution in [0.1, 0.15) is 20.7 Å². The Bertz CT molecular complexity index is 860. The molecule has 2 aromatic carbocycles. The van der Waals surface area contributed by atoms with Gasteiger partial charge in [0.15, 0.2) is 0 Å². The van der Waals surface area contributed by atoms with Crippen LogP contribution in [0.25, 0.3) is 11.1 Å². The standard InChI is InChI=1S/C14H9O7S.Li/c15-13(16)9-6-10(8-4-2-1-3-5-8)12(22(19,20)21)11(7-9)14(17)18;/h1-6H,(H,15,16)(H,17,18)(H,19,20,21);/q-1;+1. The van der Waals surface area contributed by atoms with E-state index < -0.39 is 38.1 Å². The first-order valence-corrected chi connectivity index (χ1v) is 7.25. The van der Waals surface area contributed by atoms with Crippen molar-refractivity contribution in [1.29, 1.82) is 0 Å². The molecule has 0 unspecified atom stereocenters. The van der Waals surface area contributed by atoms with E-state index in [0.717, 1.165) is 6.07 Å². The van der Waals surface area contributed by atoms with Crippen LogP contribution in [-0.4, -0.2) is 35.1 Å². The van der Waals surface area contributed by atoms with Crippen molar-refractivity contribution in [2.75, 3.05) is 0 Å². The second-order valence-electron chi connectivity index (χ2n) is 4.25. The molecule has 2 rings (SSSR count). The van der Waals surface area contributed by atoms with E-state index in [1.54, 1.807) is 18.2 Å². The van der Waals surface area contributed by atoms with Crippen LogP contribution >= 0.6 is 0 Å². The Morgan fingerprint density at radius 1 is 1.00 bits per heavy atom. The van der Waals surface area contributed by atoms with E-state index in [9.17, 15) is 22.6 Å². The number of carbonyl (C=O) groups is 2. The Labute approximate surface area is 143 Å². The molecule has 0 aromatic heterocycles. The monoisotopic (exact) mass is 328 g/mol. The average molecular weight is 328 g/mol. The summed E-state index contributed by atoms with van der Waals surface area (Å²) in [7, 11) is -4.90. The number of carboxylic acid groups (broad SMARTS) is 2. The van der Waals surface area contributed by atoms with Crippen molar-refractivity contribution in [2.24, 2.45) is 0 Å². The van der Waals surface area contributed by atoms with Gasteiger partial charge in [-0.05, 0) is 16.7 Å². The van der Waals surface area contributed by atoms with E-state index in [-0.39, 0.29) is 30.0 Å². The summed E-state index contributed by atoms with van der Waals surface area (Å²) >= 11 is 0. The molecular formula is C14H9LiO7S. The molecular weight excluding hydrogens is 319 g/mol. The number of hydrogen-bond acceptors (Lipinski definition) is 4. The smallest absolute Gasteiger partial charge is 0.513 e. The van der Waals surface area contributed by atoms with Gasteiger partial charge in [0.1, 0.15) is 0 Å². The average Bonchev–Trinajstić information content (AvgIpc) is 2.45. The van der Waals surface area contributed by atoms with Crippen molar-refractivity contribution >= 4 is 22.1 Å². The van der Waals surface area contributed by atoms with Gasteiger partial charge in [-0.1, -0.05) is 35.9 Å². The first-order valence-electron chi connectivity index (χ1n) is 5.81. The van der Waals surface area contributed by atoms with Crippen molar-refractivity contribution in [3.8, 4) is 11.1 Å². The molecule has 114 valence electrons. The van der Waals surface area contributed by atoms with Gasteiger partial charge < -0.3 is 10.2 Å². The van der Waals surface area contributed by atoms with Crippen molar-refractivity contribution in [2.45, 2.75) is 4.90 Å². The maximum atomic E-state index is 11.6. The number of rotatable bonds is 4. The summed E-state index contributed by atoms with van der Waals surface area (Å²) in [5.41, 5.74) is -1.43. The van der Waals surface area contributed by atoms with E-state index in [4.69, 9.17) is 10.2 Å². The predicted octanol–water partition coefficient (Wildman–Crippen LogP) is -1.20. The molecule has 0 saturated heterocycles. The summed E-state index contributed by atoms with van der Waals surface area (Å²) in [4.78, 5) is 21.4. The van der Waals surface area contributed by atoms with Crippen LogP contribution in [0.15, 0.2) is 41.3 Å². The Balaban J connectivity index is 0.00000264. The van der Waals surface area contributed by atoms with Crippen LogP contribution in [0.5, 0.6) is 0 Å². The third kappa shape index (κ3) is 4.00. The molecule has 0 aliphatic carbocycles. The molecule has 7 nitrogen and oxygen atoms in total. The van der Waals surface area contributed by atoms with Gasteiger partial charge in [-0.15, -0.1) is 12.1 Å². The Morgan fingerprint density at radius 3 is 2.00 bits per heavy atom. The molecule has 0 bridgehead atoms. The summed E-state index contributed by atoms with van der Waals surface area (Å²) in [5.74, 6) is -3.19. The van der Waals surface area contributed by atoms with Crippen LogP contribution in [-0.2, 0) is 10.1 Å². The second kappa shape index (κ2) is 6.98. The maximum Gasteiger partial charge on any atom is 1.00 e. The fraction of sp³-hybridized carbons (Fsp3) is 0. The summed E-state index contributed by atoms with van der Waals surface area (Å²) in [6, 6.07) is 10.6. The first-order chi connectivity index (χ1) is 10.2. The van der Waals surface area contributed by atoms with Crippen molar-refractivity contribution in [3.05, 3.63) is 53.6 Å². The van der Waals surface area contributed by atoms with Gasteiger partial charge in [-0.2, -0.15) is 0 Å². The topological polar surface area (TPSA) is 129 Å². The summed E-state index contributed by atoms with van der Waals surface area (Å²) < 4.78 is 32.4. The number of carboxylic acids is 2. The van der Waals surface area contributed by atoms with Crippen LogP contribution in [0.3, 0.4) is 0 Å². The zero-order valence-electron chi connectivity index (χ0n) is 11.8. The molecule has 0 amide bonds. The molecule has 0 aliphatic rings. The minimum absolute atomic E-state index is 0. The van der Waals surface area contributed by atoms with E-state index in [0.29, 0.717) is 0 Å². The van der Waals surface area contributed by atoms with Crippen molar-refractivity contribution < 1.29 is 51.6 Å². The molecule has 0 fully saturated rings. The molecule has 0 saturated carbocycles. The number of aromatic carboxylic acids is 2. The number of hydrogen-bond donors (Lipinski definition) is 3. The Hall–Kier alpha value is -2.11. The summed E-state index contributed by atoms with van der Waals surface area (Å²) in [6.07, 6.45) is 0. The van der Waals surface area contributed by atoms with Gasteiger partial charge in [0, 0.05) is 4.90 Å². The van der Waals surface area contributed by atoms with Crippen LogP contribution in [0.4, 0.5) is 0 Å². The number of benzene rings is 2. The molecule has 3 N–H and O–H groups in total. The van der Waals surface area contributed by atoms with Gasteiger partial charge in [-0.3, -0.25) is 14.1 Å². The van der Waals surface area contributed by atoms with E-state index in [1.165, 1.54) is 12.1 Å². The van der Waals surface area contributed by atoms with E-state index in [2.05, 4.69) is 0 Å². The molecule has 0 atom stereocenters. The predicted molar refractivity (Wildman–Crippen MR) is 74.4 cm³/mol. The first kappa shape index (κ1) is 18.9. The zero-order chi connectivity index (χ0) is 16.5. The fourth-order valence-corrected chi connectivity index (χ4v) is 2.79. The van der Waals surface area contributed by atoms with Crippen molar-refractivity contribution in [1.82, 2.24) is 0 Å². The van der Waals surface area contributed by atoms with Gasteiger partial charge in [0.2, 0.25) is 0 Å². The van der Waals surface area contributed by atoms with Gasteiger partial charge in [0.05, 0.1) is 0 Å². The third-order valence-electron chi connectivity index (χ3n) is 2.81. The third-order valence-corrected chi connectivity index (χ3v) is 3.75. The largest absolute Gasteiger partial charge is 1.00 e. The molecule has 0 heterocycles. The normalized spacial score (nSPS) is 10.7. The van der Waals surface area contributed by atoms with Gasteiger partial charge in [-0.25, -0.2) is 8.42 Å². The minimum Gasteiger partial charge on any atom is -0.513 e. The molecule has 9 heteroatoms. The van der Waals surface area contributed by atoms with Crippen LogP contribution < -0.4 is 18.9 Å². The Kier molecular flexibility index (Phi) is 5.74. The SMILES string of the molecule is O=C(O)c1[c-]c(C(=O)O)c(S(=O)(=O)O)c(-c2ccccc2)c1.[Li+].